The number of ether oxygens (including phenoxy) is 3. The molecule has 1 fully saturated rings. The number of carbonyl (C=O) groups excluding carboxylic acids is 2. The fourth-order valence-corrected chi connectivity index (χ4v) is 3.53. The number of aromatic hydroxyl groups is 2. The predicted octanol–water partition coefficient (Wildman–Crippen LogP) is 2.96. The molecule has 2 aromatic carbocycles. The Hall–Kier alpha value is -2.80. The van der Waals surface area contributed by atoms with Crippen molar-refractivity contribution in [1.82, 2.24) is 0 Å². The first-order valence-corrected chi connectivity index (χ1v) is 8.71. The Morgan fingerprint density at radius 2 is 1.74 bits per heavy atom. The van der Waals surface area contributed by atoms with Gasteiger partial charge in [0.1, 0.15) is 17.6 Å². The van der Waals surface area contributed by atoms with Gasteiger partial charge in [-0.2, -0.15) is 0 Å². The van der Waals surface area contributed by atoms with Crippen LogP contribution in [0.3, 0.4) is 0 Å². The van der Waals surface area contributed by atoms with Crippen LogP contribution in [-0.2, 0) is 23.8 Å². The van der Waals surface area contributed by atoms with E-state index in [0.29, 0.717) is 16.3 Å². The van der Waals surface area contributed by atoms with Crippen molar-refractivity contribution in [3.05, 3.63) is 35.9 Å². The zero-order chi connectivity index (χ0) is 19.7. The largest absolute Gasteiger partial charge is 0.507 e. The van der Waals surface area contributed by atoms with Crippen LogP contribution in [-0.4, -0.2) is 40.5 Å². The molecule has 144 valence electrons. The van der Waals surface area contributed by atoms with Crippen molar-refractivity contribution in [3.63, 3.8) is 0 Å². The molecule has 0 amide bonds. The number of fused-ring (bicyclic) bond motifs is 1. The van der Waals surface area contributed by atoms with Gasteiger partial charge < -0.3 is 24.4 Å². The predicted molar refractivity (Wildman–Crippen MR) is 96.3 cm³/mol. The standard InChI is InChI=1S/C20H22O7/c1-10-20(27-12(3)22)18(26-11(2)21)9-17(25-10)15-8-7-13-14(19(15)24)5-4-6-16(13)23/h4-8,10,17-18,20,23-24H,9H2,1-3H3/t10?,17-,18-,20-/m1/s1. The van der Waals surface area contributed by atoms with Crippen LogP contribution in [0.2, 0.25) is 0 Å². The molecule has 3 rings (SSSR count). The van der Waals surface area contributed by atoms with Gasteiger partial charge in [0.15, 0.2) is 6.10 Å². The van der Waals surface area contributed by atoms with Crippen LogP contribution in [0.4, 0.5) is 0 Å². The van der Waals surface area contributed by atoms with E-state index in [-0.39, 0.29) is 17.9 Å². The number of phenols is 2. The molecule has 1 heterocycles. The van der Waals surface area contributed by atoms with Gasteiger partial charge in [0.05, 0.1) is 12.2 Å². The summed E-state index contributed by atoms with van der Waals surface area (Å²) in [6.45, 7) is 4.29. The molecule has 2 N–H and O–H groups in total. The average Bonchev–Trinajstić information content (AvgIpc) is 2.58. The second-order valence-electron chi connectivity index (χ2n) is 6.66. The van der Waals surface area contributed by atoms with E-state index in [1.807, 2.05) is 0 Å². The van der Waals surface area contributed by atoms with Gasteiger partial charge in [-0.1, -0.05) is 24.3 Å². The highest BCUT2D eigenvalue weighted by molar-refractivity contribution is 5.93. The number of hydrogen-bond donors (Lipinski definition) is 2. The third-order valence-electron chi connectivity index (χ3n) is 4.66. The van der Waals surface area contributed by atoms with E-state index in [1.165, 1.54) is 13.8 Å². The number of carbonyl (C=O) groups is 2. The minimum atomic E-state index is -0.728. The van der Waals surface area contributed by atoms with E-state index >= 15 is 0 Å². The monoisotopic (exact) mass is 374 g/mol. The van der Waals surface area contributed by atoms with Crippen LogP contribution < -0.4 is 0 Å². The van der Waals surface area contributed by atoms with E-state index < -0.39 is 36.4 Å². The zero-order valence-electron chi connectivity index (χ0n) is 15.3. The molecule has 0 radical (unpaired) electrons. The second kappa shape index (κ2) is 7.44. The van der Waals surface area contributed by atoms with Crippen LogP contribution in [0.25, 0.3) is 10.8 Å². The Morgan fingerprint density at radius 3 is 2.41 bits per heavy atom. The molecule has 1 saturated heterocycles. The SMILES string of the molecule is CC(=O)O[C@@H]1C(C)O[C@@H](c2ccc3c(O)cccc3c2O)C[C@H]1OC(C)=O. The minimum Gasteiger partial charge on any atom is -0.507 e. The Bertz CT molecular complexity index is 876. The van der Waals surface area contributed by atoms with Crippen molar-refractivity contribution < 1.29 is 34.0 Å². The maximum atomic E-state index is 11.5. The number of hydrogen-bond acceptors (Lipinski definition) is 7. The van der Waals surface area contributed by atoms with Crippen LogP contribution in [0.15, 0.2) is 30.3 Å². The van der Waals surface area contributed by atoms with Gasteiger partial charge in [-0.15, -0.1) is 0 Å². The van der Waals surface area contributed by atoms with Crippen molar-refractivity contribution in [2.24, 2.45) is 0 Å². The number of esters is 2. The van der Waals surface area contributed by atoms with Crippen molar-refractivity contribution in [1.29, 1.82) is 0 Å². The van der Waals surface area contributed by atoms with Gasteiger partial charge in [-0.3, -0.25) is 9.59 Å². The normalized spacial score (nSPS) is 25.1. The highest BCUT2D eigenvalue weighted by atomic mass is 16.6. The van der Waals surface area contributed by atoms with Crippen molar-refractivity contribution in [2.45, 2.75) is 51.6 Å². The van der Waals surface area contributed by atoms with E-state index in [4.69, 9.17) is 14.2 Å². The van der Waals surface area contributed by atoms with Gasteiger partial charge in [-0.25, -0.2) is 0 Å². The highest BCUT2D eigenvalue weighted by Gasteiger charge is 2.42. The first-order chi connectivity index (χ1) is 12.8. The smallest absolute Gasteiger partial charge is 0.303 e. The first kappa shape index (κ1) is 19.0. The molecule has 1 aliphatic heterocycles. The summed E-state index contributed by atoms with van der Waals surface area (Å²) in [5.41, 5.74) is 0.512. The summed E-state index contributed by atoms with van der Waals surface area (Å²) in [6, 6.07) is 8.26. The molecule has 0 aliphatic carbocycles. The van der Waals surface area contributed by atoms with E-state index in [9.17, 15) is 19.8 Å². The highest BCUT2D eigenvalue weighted by Crippen LogP contribution is 2.42. The number of phenolic OH excluding ortho intramolecular Hbond substituents is 2. The summed E-state index contributed by atoms with van der Waals surface area (Å²) in [4.78, 5) is 22.9. The Balaban J connectivity index is 1.95. The van der Waals surface area contributed by atoms with E-state index in [0.717, 1.165) is 0 Å². The topological polar surface area (TPSA) is 102 Å². The van der Waals surface area contributed by atoms with Crippen molar-refractivity contribution >= 4 is 22.7 Å². The summed E-state index contributed by atoms with van der Waals surface area (Å²) in [6.07, 6.45) is -2.31. The minimum absolute atomic E-state index is 0.00638. The third-order valence-corrected chi connectivity index (χ3v) is 4.66. The second-order valence-corrected chi connectivity index (χ2v) is 6.66. The van der Waals surface area contributed by atoms with Gasteiger partial charge in [0, 0.05) is 36.6 Å². The lowest BCUT2D eigenvalue weighted by molar-refractivity contribution is -0.204. The Labute approximate surface area is 156 Å². The van der Waals surface area contributed by atoms with Gasteiger partial charge in [0.2, 0.25) is 0 Å². The fourth-order valence-electron chi connectivity index (χ4n) is 3.53. The quantitative estimate of drug-likeness (QED) is 0.796. The average molecular weight is 374 g/mol. The van der Waals surface area contributed by atoms with E-state index in [2.05, 4.69) is 0 Å². The van der Waals surface area contributed by atoms with Crippen LogP contribution in [0, 0.1) is 0 Å². The lowest BCUT2D eigenvalue weighted by atomic mass is 9.92. The van der Waals surface area contributed by atoms with E-state index in [1.54, 1.807) is 37.3 Å². The van der Waals surface area contributed by atoms with Crippen LogP contribution >= 0.6 is 0 Å². The molecule has 1 unspecified atom stereocenters. The molecule has 2 aromatic rings. The zero-order valence-corrected chi connectivity index (χ0v) is 15.3. The summed E-state index contributed by atoms with van der Waals surface area (Å²) >= 11 is 0. The lowest BCUT2D eigenvalue weighted by Crippen LogP contribution is -2.48. The first-order valence-electron chi connectivity index (χ1n) is 8.71. The summed E-state index contributed by atoms with van der Waals surface area (Å²) in [5, 5.41) is 21.7. The molecular formula is C20H22O7. The molecule has 4 atom stereocenters. The fraction of sp³-hybridized carbons (Fsp3) is 0.400. The van der Waals surface area contributed by atoms with Crippen LogP contribution in [0.5, 0.6) is 11.5 Å². The maximum Gasteiger partial charge on any atom is 0.303 e. The molecule has 27 heavy (non-hydrogen) atoms. The van der Waals surface area contributed by atoms with Gasteiger partial charge >= 0.3 is 11.9 Å². The number of benzene rings is 2. The molecular weight excluding hydrogens is 352 g/mol. The Kier molecular flexibility index (Phi) is 5.23. The molecule has 0 aromatic heterocycles. The van der Waals surface area contributed by atoms with Crippen molar-refractivity contribution in [3.8, 4) is 11.5 Å². The third kappa shape index (κ3) is 3.83. The summed E-state index contributed by atoms with van der Waals surface area (Å²) in [5.74, 6) is -0.916. The summed E-state index contributed by atoms with van der Waals surface area (Å²) < 4.78 is 16.6. The van der Waals surface area contributed by atoms with Gasteiger partial charge in [0.25, 0.3) is 0 Å². The molecule has 0 spiro atoms. The lowest BCUT2D eigenvalue weighted by Gasteiger charge is -2.39. The molecule has 7 nitrogen and oxygen atoms in total. The molecule has 7 heteroatoms. The maximum absolute atomic E-state index is 11.5. The van der Waals surface area contributed by atoms with Crippen LogP contribution in [0.1, 0.15) is 38.9 Å². The summed E-state index contributed by atoms with van der Waals surface area (Å²) in [7, 11) is 0. The molecule has 0 saturated carbocycles. The van der Waals surface area contributed by atoms with Crippen molar-refractivity contribution in [2.75, 3.05) is 0 Å². The molecule has 0 bridgehead atoms. The molecule has 1 aliphatic rings. The number of rotatable bonds is 3. The van der Waals surface area contributed by atoms with Gasteiger partial charge in [-0.05, 0) is 13.0 Å². The Morgan fingerprint density at radius 1 is 1.04 bits per heavy atom.